The van der Waals surface area contributed by atoms with Gasteiger partial charge in [-0.3, -0.25) is 9.52 Å². The Labute approximate surface area is 243 Å². The van der Waals surface area contributed by atoms with Crippen molar-refractivity contribution in [2.45, 2.75) is 62.9 Å². The number of amides is 1. The van der Waals surface area contributed by atoms with Gasteiger partial charge >= 0.3 is 0 Å². The fourth-order valence-corrected chi connectivity index (χ4v) is 6.60. The van der Waals surface area contributed by atoms with Gasteiger partial charge in [-0.25, -0.2) is 22.8 Å². The lowest BCUT2D eigenvalue weighted by molar-refractivity contribution is -0.119. The van der Waals surface area contributed by atoms with Crippen LogP contribution in [0.5, 0.6) is 0 Å². The molecule has 0 unspecified atom stereocenters. The maximum Gasteiger partial charge on any atom is 0.264 e. The second kappa shape index (κ2) is 12.0. The summed E-state index contributed by atoms with van der Waals surface area (Å²) in [4.78, 5) is 20.2. The fourth-order valence-electron chi connectivity index (χ4n) is 5.22. The van der Waals surface area contributed by atoms with Crippen LogP contribution < -0.4 is 15.4 Å². The van der Waals surface area contributed by atoms with Crippen LogP contribution in [0.25, 0.3) is 22.0 Å². The summed E-state index contributed by atoms with van der Waals surface area (Å²) < 4.78 is 43.3. The SMILES string of the molecule is CCc1cc(-c2ccc(S(=O)(=O)Nc3ccccc3Cl)c(F)c2)cc2cnc(NC3CCC(NC(C)=O)CC3)nc12. The minimum absolute atomic E-state index is 0.000112. The number of sulfonamides is 1. The molecule has 0 radical (unpaired) electrons. The molecule has 3 N–H and O–H groups in total. The van der Waals surface area contributed by atoms with Crippen LogP contribution in [0.15, 0.2) is 65.7 Å². The zero-order valence-corrected chi connectivity index (χ0v) is 24.3. The van der Waals surface area contributed by atoms with Crippen molar-refractivity contribution in [1.82, 2.24) is 15.3 Å². The fraction of sp³-hybridized carbons (Fsp3) is 0.300. The molecule has 214 valence electrons. The quantitative estimate of drug-likeness (QED) is 0.220. The van der Waals surface area contributed by atoms with Crippen molar-refractivity contribution in [3.8, 4) is 11.1 Å². The molecule has 4 aromatic rings. The maximum atomic E-state index is 15.2. The first-order chi connectivity index (χ1) is 19.6. The van der Waals surface area contributed by atoms with Gasteiger partial charge in [0.2, 0.25) is 11.9 Å². The molecule has 0 atom stereocenters. The van der Waals surface area contributed by atoms with Crippen molar-refractivity contribution in [2.24, 2.45) is 0 Å². The molecule has 1 aromatic heterocycles. The largest absolute Gasteiger partial charge is 0.354 e. The molecule has 1 aliphatic carbocycles. The van der Waals surface area contributed by atoms with Gasteiger partial charge < -0.3 is 10.6 Å². The third-order valence-corrected chi connectivity index (χ3v) is 9.01. The average Bonchev–Trinajstić information content (AvgIpc) is 2.94. The molecule has 0 spiro atoms. The van der Waals surface area contributed by atoms with Crippen molar-refractivity contribution in [1.29, 1.82) is 0 Å². The van der Waals surface area contributed by atoms with Gasteiger partial charge in [-0.1, -0.05) is 36.7 Å². The highest BCUT2D eigenvalue weighted by Crippen LogP contribution is 2.31. The minimum atomic E-state index is -4.19. The summed E-state index contributed by atoms with van der Waals surface area (Å²) >= 11 is 6.07. The van der Waals surface area contributed by atoms with E-state index in [1.807, 2.05) is 19.1 Å². The number of hydrogen-bond acceptors (Lipinski definition) is 6. The number of carbonyl (C=O) groups excluding carboxylic acids is 1. The summed E-state index contributed by atoms with van der Waals surface area (Å²) in [7, 11) is -4.19. The number of anilines is 2. The Morgan fingerprint density at radius 3 is 2.44 bits per heavy atom. The molecule has 1 amide bonds. The molecule has 0 saturated heterocycles. The van der Waals surface area contributed by atoms with E-state index < -0.39 is 20.7 Å². The monoisotopic (exact) mass is 595 g/mol. The summed E-state index contributed by atoms with van der Waals surface area (Å²) in [5.41, 5.74) is 3.22. The standard InChI is InChI=1S/C30H31ClFN5O3S/c1-3-19-14-21(20-8-13-28(26(32)16-20)41(39,40)37-27-7-5-4-6-25(27)31)15-22-17-33-30(36-29(19)22)35-24-11-9-23(10-12-24)34-18(2)38/h4-8,13-17,23-24,37H,3,9-12H2,1-2H3,(H,34,38)(H,33,35,36). The van der Waals surface area contributed by atoms with Gasteiger partial charge in [0.25, 0.3) is 10.0 Å². The van der Waals surface area contributed by atoms with Crippen LogP contribution in [0, 0.1) is 5.82 Å². The van der Waals surface area contributed by atoms with Gasteiger partial charge in [-0.15, -0.1) is 0 Å². The third kappa shape index (κ3) is 6.60. The highest BCUT2D eigenvalue weighted by molar-refractivity contribution is 7.92. The number of benzene rings is 3. The first-order valence-electron chi connectivity index (χ1n) is 13.5. The van der Waals surface area contributed by atoms with E-state index >= 15 is 4.39 Å². The second-order valence-corrected chi connectivity index (χ2v) is 12.3. The Kier molecular flexibility index (Phi) is 8.42. The van der Waals surface area contributed by atoms with Gasteiger partial charge in [0.05, 0.1) is 16.2 Å². The molecule has 1 heterocycles. The summed E-state index contributed by atoms with van der Waals surface area (Å²) in [5, 5.41) is 7.44. The van der Waals surface area contributed by atoms with Crippen molar-refractivity contribution < 1.29 is 17.6 Å². The van der Waals surface area contributed by atoms with Gasteiger partial charge in [0, 0.05) is 30.6 Å². The molecule has 1 fully saturated rings. The topological polar surface area (TPSA) is 113 Å². The number of fused-ring (bicyclic) bond motifs is 1. The van der Waals surface area contributed by atoms with Crippen LogP contribution in [0.2, 0.25) is 5.02 Å². The number of nitrogens with zero attached hydrogens (tertiary/aromatic N) is 2. The highest BCUT2D eigenvalue weighted by Gasteiger charge is 2.23. The molecule has 1 saturated carbocycles. The summed E-state index contributed by atoms with van der Waals surface area (Å²) in [6, 6.07) is 14.7. The molecule has 1 aliphatic rings. The van der Waals surface area contributed by atoms with Crippen molar-refractivity contribution in [3.05, 3.63) is 77.2 Å². The number of rotatable bonds is 8. The van der Waals surface area contributed by atoms with Crippen molar-refractivity contribution in [2.75, 3.05) is 10.0 Å². The maximum absolute atomic E-state index is 15.2. The Bertz CT molecular complexity index is 1710. The Morgan fingerprint density at radius 2 is 1.76 bits per heavy atom. The van der Waals surface area contributed by atoms with Crippen molar-refractivity contribution in [3.63, 3.8) is 0 Å². The lowest BCUT2D eigenvalue weighted by atomic mass is 9.91. The Hall–Kier alpha value is -3.76. The normalized spacial score (nSPS) is 17.3. The predicted octanol–water partition coefficient (Wildman–Crippen LogP) is 6.31. The number of hydrogen-bond donors (Lipinski definition) is 3. The lowest BCUT2D eigenvalue weighted by Gasteiger charge is -2.29. The number of nitrogens with one attached hydrogen (secondary N) is 3. The average molecular weight is 596 g/mol. The molecule has 3 aromatic carbocycles. The van der Waals surface area contributed by atoms with E-state index in [4.69, 9.17) is 16.6 Å². The van der Waals surface area contributed by atoms with Crippen LogP contribution >= 0.6 is 11.6 Å². The minimum Gasteiger partial charge on any atom is -0.354 e. The van der Waals surface area contributed by atoms with E-state index in [-0.39, 0.29) is 28.7 Å². The lowest BCUT2D eigenvalue weighted by Crippen LogP contribution is -2.39. The molecule has 8 nitrogen and oxygen atoms in total. The third-order valence-electron chi connectivity index (χ3n) is 7.28. The zero-order valence-electron chi connectivity index (χ0n) is 22.7. The number of carbonyl (C=O) groups is 1. The summed E-state index contributed by atoms with van der Waals surface area (Å²) in [5.74, 6) is -0.321. The van der Waals surface area contributed by atoms with Gasteiger partial charge in [0.15, 0.2) is 0 Å². The Balaban J connectivity index is 1.36. The number of aryl methyl sites for hydroxylation is 1. The number of aromatic nitrogens is 2. The number of para-hydroxylation sites is 1. The molecule has 0 aliphatic heterocycles. The van der Waals surface area contributed by atoms with Crippen LogP contribution in [0.3, 0.4) is 0 Å². The second-order valence-electron chi connectivity index (χ2n) is 10.2. The van der Waals surface area contributed by atoms with Gasteiger partial charge in [-0.05, 0) is 85.2 Å². The molecular formula is C30H31ClFN5O3S. The van der Waals surface area contributed by atoms with E-state index in [1.165, 1.54) is 18.2 Å². The van der Waals surface area contributed by atoms with E-state index in [0.717, 1.165) is 47.7 Å². The smallest absolute Gasteiger partial charge is 0.264 e. The van der Waals surface area contributed by atoms with Gasteiger partial charge in [-0.2, -0.15) is 0 Å². The molecule has 11 heteroatoms. The zero-order chi connectivity index (χ0) is 29.1. The predicted molar refractivity (Wildman–Crippen MR) is 160 cm³/mol. The first kappa shape index (κ1) is 28.8. The summed E-state index contributed by atoms with van der Waals surface area (Å²) in [6.45, 7) is 3.56. The molecule has 41 heavy (non-hydrogen) atoms. The molecule has 5 rings (SSSR count). The van der Waals surface area contributed by atoms with E-state index in [9.17, 15) is 13.2 Å². The van der Waals surface area contributed by atoms with E-state index in [0.29, 0.717) is 17.9 Å². The molecule has 0 bridgehead atoms. The Morgan fingerprint density at radius 1 is 1.02 bits per heavy atom. The number of halogens is 2. The van der Waals surface area contributed by atoms with E-state index in [1.54, 1.807) is 37.4 Å². The van der Waals surface area contributed by atoms with Crippen LogP contribution in [-0.4, -0.2) is 36.4 Å². The van der Waals surface area contributed by atoms with E-state index in [2.05, 4.69) is 20.3 Å². The molecular weight excluding hydrogens is 565 g/mol. The highest BCUT2D eigenvalue weighted by atomic mass is 35.5. The summed E-state index contributed by atoms with van der Waals surface area (Å²) in [6.07, 6.45) is 6.08. The van der Waals surface area contributed by atoms with Crippen LogP contribution in [-0.2, 0) is 21.2 Å². The van der Waals surface area contributed by atoms with Gasteiger partial charge in [0.1, 0.15) is 10.7 Å². The van der Waals surface area contributed by atoms with Crippen LogP contribution in [0.1, 0.15) is 45.1 Å². The van der Waals surface area contributed by atoms with Crippen molar-refractivity contribution >= 4 is 50.1 Å². The first-order valence-corrected chi connectivity index (χ1v) is 15.4. The van der Waals surface area contributed by atoms with Crippen LogP contribution in [0.4, 0.5) is 16.0 Å².